The van der Waals surface area contributed by atoms with E-state index in [1.165, 1.54) is 50.3 Å². The van der Waals surface area contributed by atoms with Crippen molar-refractivity contribution in [1.82, 2.24) is 14.5 Å². The van der Waals surface area contributed by atoms with Crippen molar-refractivity contribution in [2.24, 2.45) is 0 Å². The predicted molar refractivity (Wildman–Crippen MR) is 166 cm³/mol. The predicted octanol–water partition coefficient (Wildman–Crippen LogP) is 8.59. The summed E-state index contributed by atoms with van der Waals surface area (Å²) in [5.41, 5.74) is 13.0. The molecule has 40 heavy (non-hydrogen) atoms. The minimum atomic E-state index is 0.853. The molecule has 0 aliphatic carbocycles. The van der Waals surface area contributed by atoms with E-state index in [9.17, 15) is 0 Å². The summed E-state index contributed by atoms with van der Waals surface area (Å²) in [4.78, 5) is 11.8. The van der Waals surface area contributed by atoms with E-state index in [1.807, 2.05) is 18.3 Å². The summed E-state index contributed by atoms with van der Waals surface area (Å²) in [5.74, 6) is 0. The van der Waals surface area contributed by atoms with E-state index in [-0.39, 0.29) is 0 Å². The van der Waals surface area contributed by atoms with Gasteiger partial charge in [-0.25, -0.2) is 0 Å². The monoisotopic (exact) mass is 519 g/mol. The summed E-state index contributed by atoms with van der Waals surface area (Å²) in [6, 6.07) is 37.2. The van der Waals surface area contributed by atoms with Crippen LogP contribution < -0.4 is 9.80 Å². The van der Waals surface area contributed by atoms with Crippen LogP contribution in [0.5, 0.6) is 0 Å². The number of hydrogen-bond donors (Lipinski definition) is 0. The number of rotatable bonds is 3. The fourth-order valence-corrected chi connectivity index (χ4v) is 6.39. The fraction of sp³-hybridized carbons (Fsp3) is 0.114. The Balaban J connectivity index is 1.41. The van der Waals surface area contributed by atoms with Gasteiger partial charge in [-0.05, 0) is 68.4 Å². The lowest BCUT2D eigenvalue weighted by Gasteiger charge is -2.34. The van der Waals surface area contributed by atoms with Crippen LogP contribution >= 0.6 is 0 Å². The van der Waals surface area contributed by atoms with Crippen molar-refractivity contribution >= 4 is 44.6 Å². The number of fused-ring (bicyclic) bond motifs is 5. The maximum atomic E-state index is 4.67. The summed E-state index contributed by atoms with van der Waals surface area (Å²) in [5, 5.41) is 2.54. The Bertz CT molecular complexity index is 1980. The Morgan fingerprint density at radius 3 is 2.27 bits per heavy atom. The van der Waals surface area contributed by atoms with Gasteiger partial charge >= 0.3 is 0 Å². The van der Waals surface area contributed by atoms with E-state index in [0.717, 1.165) is 29.3 Å². The first-order chi connectivity index (χ1) is 19.6. The van der Waals surface area contributed by atoms with Crippen LogP contribution in [0, 0.1) is 0 Å². The normalized spacial score (nSPS) is 14.5. The summed E-state index contributed by atoms with van der Waals surface area (Å²) >= 11 is 0. The molecule has 2 aromatic heterocycles. The van der Waals surface area contributed by atoms with Crippen LogP contribution in [0.25, 0.3) is 38.8 Å². The third-order valence-corrected chi connectivity index (χ3v) is 8.59. The molecule has 4 aromatic carbocycles. The Kier molecular flexibility index (Phi) is 4.86. The van der Waals surface area contributed by atoms with Crippen molar-refractivity contribution in [3.8, 4) is 16.9 Å². The average Bonchev–Trinajstić information content (AvgIpc) is 3.48. The van der Waals surface area contributed by atoms with E-state index in [2.05, 4.69) is 136 Å². The second kappa shape index (κ2) is 8.48. The fourth-order valence-electron chi connectivity index (χ4n) is 6.39. The number of aromatic nitrogens is 2. The van der Waals surface area contributed by atoms with Crippen LogP contribution in [-0.2, 0) is 0 Å². The third-order valence-electron chi connectivity index (χ3n) is 8.59. The van der Waals surface area contributed by atoms with Gasteiger partial charge in [-0.15, -0.1) is 0 Å². The van der Waals surface area contributed by atoms with Crippen molar-refractivity contribution in [2.75, 3.05) is 23.5 Å². The smallest absolute Gasteiger partial charge is 0.0943 e. The maximum Gasteiger partial charge on any atom is 0.0943 e. The molecular weight excluding hydrogens is 490 g/mol. The minimum Gasteiger partial charge on any atom is -0.359 e. The van der Waals surface area contributed by atoms with Crippen LogP contribution in [0.15, 0.2) is 121 Å². The van der Waals surface area contributed by atoms with Crippen LogP contribution in [0.4, 0.5) is 22.7 Å². The van der Waals surface area contributed by atoms with Gasteiger partial charge < -0.3 is 19.3 Å². The molecule has 0 unspecified atom stereocenters. The Hall–Kier alpha value is -5.03. The highest BCUT2D eigenvalue weighted by atomic mass is 15.4. The van der Waals surface area contributed by atoms with E-state index in [1.54, 1.807) is 0 Å². The second-order valence-corrected chi connectivity index (χ2v) is 10.7. The molecule has 4 heterocycles. The molecule has 0 bridgehead atoms. The average molecular weight is 520 g/mol. The number of pyridine rings is 1. The summed E-state index contributed by atoms with van der Waals surface area (Å²) in [7, 11) is 2.15. The van der Waals surface area contributed by atoms with Gasteiger partial charge in [0.1, 0.15) is 0 Å². The van der Waals surface area contributed by atoms with Crippen LogP contribution in [-0.4, -0.2) is 28.2 Å². The Morgan fingerprint density at radius 2 is 1.45 bits per heavy atom. The number of para-hydroxylation sites is 2. The zero-order chi connectivity index (χ0) is 27.0. The van der Waals surface area contributed by atoms with E-state index in [4.69, 9.17) is 0 Å². The minimum absolute atomic E-state index is 0.853. The quantitative estimate of drug-likeness (QED) is 0.234. The van der Waals surface area contributed by atoms with Gasteiger partial charge in [0.15, 0.2) is 0 Å². The molecule has 2 aliphatic heterocycles. The van der Waals surface area contributed by atoms with Gasteiger partial charge in [-0.3, -0.25) is 4.98 Å². The SMILES string of the molecule is CC1=C(C)N(c2cccc(N3c4cc(-c5ccccn5)ccc4-n4c5ccccc5c5cccc3c54)c2)CN1C. The summed E-state index contributed by atoms with van der Waals surface area (Å²) < 4.78 is 2.43. The van der Waals surface area contributed by atoms with Crippen LogP contribution in [0.2, 0.25) is 0 Å². The zero-order valence-electron chi connectivity index (χ0n) is 22.8. The first-order valence-corrected chi connectivity index (χ1v) is 13.7. The molecule has 0 atom stereocenters. The first-order valence-electron chi connectivity index (χ1n) is 13.7. The van der Waals surface area contributed by atoms with Gasteiger partial charge in [-0.1, -0.05) is 48.5 Å². The lowest BCUT2D eigenvalue weighted by atomic mass is 10.0. The van der Waals surface area contributed by atoms with E-state index >= 15 is 0 Å². The van der Waals surface area contributed by atoms with Crippen molar-refractivity contribution in [2.45, 2.75) is 13.8 Å². The van der Waals surface area contributed by atoms with Crippen molar-refractivity contribution < 1.29 is 0 Å². The van der Waals surface area contributed by atoms with Gasteiger partial charge in [-0.2, -0.15) is 0 Å². The molecule has 8 rings (SSSR count). The number of hydrogen-bond acceptors (Lipinski definition) is 4. The Morgan fingerprint density at radius 1 is 0.650 bits per heavy atom. The third kappa shape index (κ3) is 3.18. The summed E-state index contributed by atoms with van der Waals surface area (Å²) in [6.45, 7) is 5.25. The molecule has 0 spiro atoms. The highest BCUT2D eigenvalue weighted by molar-refractivity contribution is 6.16. The molecule has 5 nitrogen and oxygen atoms in total. The lowest BCUT2D eigenvalue weighted by Crippen LogP contribution is -2.24. The van der Waals surface area contributed by atoms with Crippen molar-refractivity contribution in [3.63, 3.8) is 0 Å². The van der Waals surface area contributed by atoms with Gasteiger partial charge in [0.05, 0.1) is 40.5 Å². The molecule has 0 amide bonds. The molecule has 5 heteroatoms. The molecule has 2 aliphatic rings. The number of benzene rings is 4. The Labute approximate surface area is 233 Å². The molecule has 0 saturated carbocycles. The number of anilines is 4. The molecular formula is C35H29N5. The van der Waals surface area contributed by atoms with Gasteiger partial charge in [0, 0.05) is 52.3 Å². The summed E-state index contributed by atoms with van der Waals surface area (Å²) in [6.07, 6.45) is 1.86. The molecule has 0 N–H and O–H groups in total. The largest absolute Gasteiger partial charge is 0.359 e. The highest BCUT2D eigenvalue weighted by Crippen LogP contribution is 2.50. The van der Waals surface area contributed by atoms with Crippen molar-refractivity contribution in [3.05, 3.63) is 121 Å². The van der Waals surface area contributed by atoms with Gasteiger partial charge in [0.25, 0.3) is 0 Å². The van der Waals surface area contributed by atoms with Crippen LogP contribution in [0.3, 0.4) is 0 Å². The molecule has 0 saturated heterocycles. The second-order valence-electron chi connectivity index (χ2n) is 10.7. The first kappa shape index (κ1) is 22.9. The zero-order valence-corrected chi connectivity index (χ0v) is 22.8. The molecule has 194 valence electrons. The topological polar surface area (TPSA) is 27.5 Å². The van der Waals surface area contributed by atoms with Crippen molar-refractivity contribution in [1.29, 1.82) is 0 Å². The molecule has 0 radical (unpaired) electrons. The van der Waals surface area contributed by atoms with E-state index < -0.39 is 0 Å². The lowest BCUT2D eigenvalue weighted by molar-refractivity contribution is 0.460. The number of allylic oxidation sites excluding steroid dienone is 2. The maximum absolute atomic E-state index is 4.67. The van der Waals surface area contributed by atoms with E-state index in [0.29, 0.717) is 0 Å². The molecule has 0 fully saturated rings. The van der Waals surface area contributed by atoms with Crippen LogP contribution in [0.1, 0.15) is 13.8 Å². The molecule has 6 aromatic rings. The highest BCUT2D eigenvalue weighted by Gasteiger charge is 2.30. The standard InChI is InChI=1S/C35H29N5/c1-23-24(2)38(22-37(23)3)26-10-8-11-27(21-26)39-33-16-9-13-29-28-12-4-5-15-31(28)40(35(29)33)32-18-17-25(20-34(32)39)30-14-6-7-19-36-30/h4-21H,22H2,1-3H3. The number of nitrogens with zero attached hydrogens (tertiary/aromatic N) is 5. The van der Waals surface area contributed by atoms with Gasteiger partial charge in [0.2, 0.25) is 0 Å².